The molecule has 1 saturated heterocycles. The van der Waals surface area contributed by atoms with E-state index in [9.17, 15) is 14.4 Å². The predicted octanol–water partition coefficient (Wildman–Crippen LogP) is 3.71. The van der Waals surface area contributed by atoms with E-state index in [-0.39, 0.29) is 11.1 Å². The largest absolute Gasteiger partial charge is 0.325 e. The number of carbonyl (C=O) groups is 3. The quantitative estimate of drug-likeness (QED) is 0.679. The second-order valence-corrected chi connectivity index (χ2v) is 8.56. The molecule has 0 bridgehead atoms. The zero-order chi connectivity index (χ0) is 21.5. The van der Waals surface area contributed by atoms with Gasteiger partial charge in [0.15, 0.2) is 0 Å². The fourth-order valence-electron chi connectivity index (χ4n) is 4.10. The molecular formula is C20H21Cl2N5O3. The summed E-state index contributed by atoms with van der Waals surface area (Å²) < 4.78 is 1.80. The van der Waals surface area contributed by atoms with Gasteiger partial charge in [-0.15, -0.1) is 0 Å². The molecule has 2 heterocycles. The van der Waals surface area contributed by atoms with E-state index < -0.39 is 29.9 Å². The molecule has 30 heavy (non-hydrogen) atoms. The van der Waals surface area contributed by atoms with Crippen LogP contribution in [0.4, 0.5) is 10.6 Å². The molecule has 2 N–H and O–H groups in total. The highest BCUT2D eigenvalue weighted by molar-refractivity contribution is 6.35. The summed E-state index contributed by atoms with van der Waals surface area (Å²) in [5, 5.41) is 10.4. The molecule has 10 heteroatoms. The summed E-state index contributed by atoms with van der Waals surface area (Å²) in [5.74, 6) is -0.483. The number of carbonyl (C=O) groups excluding carboxylic acids is 3. The minimum Gasteiger partial charge on any atom is -0.319 e. The number of nitrogens with zero attached hydrogens (tertiary/aromatic N) is 3. The lowest BCUT2D eigenvalue weighted by Gasteiger charge is -2.23. The van der Waals surface area contributed by atoms with E-state index in [4.69, 9.17) is 23.2 Å². The van der Waals surface area contributed by atoms with Crippen LogP contribution in [0.15, 0.2) is 30.5 Å². The molecule has 1 aromatic heterocycles. The van der Waals surface area contributed by atoms with E-state index >= 15 is 0 Å². The second-order valence-electron chi connectivity index (χ2n) is 7.72. The summed E-state index contributed by atoms with van der Waals surface area (Å²) in [4.78, 5) is 39.0. The highest BCUT2D eigenvalue weighted by Gasteiger charge is 2.50. The third kappa shape index (κ3) is 3.65. The Labute approximate surface area is 183 Å². The topological polar surface area (TPSA) is 96.3 Å². The number of halogens is 2. The summed E-state index contributed by atoms with van der Waals surface area (Å²) in [6, 6.07) is 5.98. The Morgan fingerprint density at radius 3 is 2.70 bits per heavy atom. The van der Waals surface area contributed by atoms with Crippen molar-refractivity contribution in [1.82, 2.24) is 20.0 Å². The molecule has 158 valence electrons. The van der Waals surface area contributed by atoms with Crippen molar-refractivity contribution in [3.63, 3.8) is 0 Å². The molecule has 2 aromatic rings. The van der Waals surface area contributed by atoms with E-state index in [2.05, 4.69) is 15.7 Å². The molecular weight excluding hydrogens is 429 g/mol. The van der Waals surface area contributed by atoms with Crippen LogP contribution in [0.25, 0.3) is 0 Å². The molecule has 1 aliphatic heterocycles. The van der Waals surface area contributed by atoms with Crippen molar-refractivity contribution in [1.29, 1.82) is 0 Å². The minimum absolute atomic E-state index is 0.252. The van der Waals surface area contributed by atoms with Crippen molar-refractivity contribution in [3.8, 4) is 0 Å². The highest BCUT2D eigenvalue weighted by Crippen LogP contribution is 2.35. The number of hydrogen-bond donors (Lipinski definition) is 2. The third-order valence-corrected chi connectivity index (χ3v) is 6.20. The number of urea groups is 1. The Morgan fingerprint density at radius 2 is 2.00 bits per heavy atom. The Bertz CT molecular complexity index is 1020. The first-order chi connectivity index (χ1) is 14.3. The monoisotopic (exact) mass is 449 g/mol. The summed E-state index contributed by atoms with van der Waals surface area (Å²) in [6.07, 6.45) is 5.91. The van der Waals surface area contributed by atoms with Gasteiger partial charge in [0.1, 0.15) is 17.9 Å². The van der Waals surface area contributed by atoms with E-state index in [1.807, 2.05) is 0 Å². The number of rotatable bonds is 5. The Kier molecular flexibility index (Phi) is 5.46. The van der Waals surface area contributed by atoms with Gasteiger partial charge in [-0.1, -0.05) is 42.1 Å². The minimum atomic E-state index is -1.38. The van der Waals surface area contributed by atoms with Crippen molar-refractivity contribution < 1.29 is 14.4 Å². The number of nitrogens with one attached hydrogen (secondary N) is 2. The fraction of sp³-hybridized carbons (Fsp3) is 0.400. The van der Waals surface area contributed by atoms with Crippen LogP contribution in [0, 0.1) is 0 Å². The van der Waals surface area contributed by atoms with Gasteiger partial charge < -0.3 is 10.6 Å². The van der Waals surface area contributed by atoms with Crippen LogP contribution in [0.2, 0.25) is 10.0 Å². The molecule has 1 unspecified atom stereocenters. The first kappa shape index (κ1) is 20.7. The molecule has 2 aliphatic rings. The number of benzene rings is 1. The maximum atomic E-state index is 13.0. The van der Waals surface area contributed by atoms with Crippen molar-refractivity contribution in [3.05, 3.63) is 46.1 Å². The SMILES string of the molecule is CC1(c2ccc(Cl)cc2Cl)NC(=O)N(CC(=O)Nc2ccnn2C2CCCC2)C1=O. The molecule has 1 aromatic carbocycles. The average molecular weight is 450 g/mol. The Morgan fingerprint density at radius 1 is 1.27 bits per heavy atom. The molecule has 0 radical (unpaired) electrons. The lowest BCUT2D eigenvalue weighted by molar-refractivity contribution is -0.133. The summed E-state index contributed by atoms with van der Waals surface area (Å²) in [5.41, 5.74) is -0.973. The van der Waals surface area contributed by atoms with E-state index in [0.29, 0.717) is 16.4 Å². The van der Waals surface area contributed by atoms with Crippen LogP contribution < -0.4 is 10.6 Å². The van der Waals surface area contributed by atoms with Crippen molar-refractivity contribution in [2.75, 3.05) is 11.9 Å². The van der Waals surface area contributed by atoms with Crippen molar-refractivity contribution in [2.24, 2.45) is 0 Å². The van der Waals surface area contributed by atoms with E-state index in [1.54, 1.807) is 36.0 Å². The van der Waals surface area contributed by atoms with Crippen LogP contribution in [0.1, 0.15) is 44.2 Å². The first-order valence-electron chi connectivity index (χ1n) is 9.72. The lowest BCUT2D eigenvalue weighted by Crippen LogP contribution is -2.42. The fourth-order valence-corrected chi connectivity index (χ4v) is 4.69. The summed E-state index contributed by atoms with van der Waals surface area (Å²) >= 11 is 12.2. The Balaban J connectivity index is 1.49. The van der Waals surface area contributed by atoms with Gasteiger partial charge in [0.05, 0.1) is 12.2 Å². The molecule has 8 nitrogen and oxygen atoms in total. The zero-order valence-electron chi connectivity index (χ0n) is 16.3. The standard InChI is InChI=1S/C20H21Cl2N5O3/c1-20(14-7-6-12(21)10-15(14)22)18(29)26(19(30)25-20)11-17(28)24-16-8-9-23-27(16)13-4-2-3-5-13/h6-10,13H,2-5,11H2,1H3,(H,24,28)(H,25,30). The maximum absolute atomic E-state index is 13.0. The van der Waals surface area contributed by atoms with Gasteiger partial charge in [-0.25, -0.2) is 9.48 Å². The Hall–Kier alpha value is -2.58. The van der Waals surface area contributed by atoms with Crippen LogP contribution in [-0.4, -0.2) is 39.1 Å². The maximum Gasteiger partial charge on any atom is 0.325 e. The number of amides is 4. The average Bonchev–Trinajstić information content (AvgIpc) is 3.40. The lowest BCUT2D eigenvalue weighted by atomic mass is 9.92. The number of hydrogen-bond acceptors (Lipinski definition) is 4. The number of anilines is 1. The zero-order valence-corrected chi connectivity index (χ0v) is 17.8. The highest BCUT2D eigenvalue weighted by atomic mass is 35.5. The van der Waals surface area contributed by atoms with Crippen LogP contribution in [0.5, 0.6) is 0 Å². The van der Waals surface area contributed by atoms with Gasteiger partial charge in [0, 0.05) is 21.7 Å². The molecule has 0 spiro atoms. The van der Waals surface area contributed by atoms with Gasteiger partial charge in [-0.3, -0.25) is 14.5 Å². The number of imide groups is 1. The molecule has 1 aliphatic carbocycles. The first-order valence-corrected chi connectivity index (χ1v) is 10.5. The molecule has 1 saturated carbocycles. The van der Waals surface area contributed by atoms with E-state index in [0.717, 1.165) is 30.6 Å². The summed E-state index contributed by atoms with van der Waals surface area (Å²) in [7, 11) is 0. The van der Waals surface area contributed by atoms with Gasteiger partial charge in [0.2, 0.25) is 5.91 Å². The van der Waals surface area contributed by atoms with Crippen molar-refractivity contribution in [2.45, 2.75) is 44.2 Å². The van der Waals surface area contributed by atoms with Gasteiger partial charge in [-0.05, 0) is 31.9 Å². The second kappa shape index (κ2) is 7.92. The number of aromatic nitrogens is 2. The normalized spacial score (nSPS) is 21.9. The van der Waals surface area contributed by atoms with Gasteiger partial charge in [-0.2, -0.15) is 5.10 Å². The molecule has 2 fully saturated rings. The van der Waals surface area contributed by atoms with Crippen LogP contribution in [0.3, 0.4) is 0 Å². The smallest absolute Gasteiger partial charge is 0.319 e. The van der Waals surface area contributed by atoms with Crippen LogP contribution in [-0.2, 0) is 15.1 Å². The van der Waals surface area contributed by atoms with E-state index in [1.165, 1.54) is 6.07 Å². The molecule has 4 rings (SSSR count). The van der Waals surface area contributed by atoms with Gasteiger partial charge >= 0.3 is 6.03 Å². The molecule has 1 atom stereocenters. The predicted molar refractivity (Wildman–Crippen MR) is 112 cm³/mol. The third-order valence-electron chi connectivity index (χ3n) is 5.65. The summed E-state index contributed by atoms with van der Waals surface area (Å²) in [6.45, 7) is 1.14. The van der Waals surface area contributed by atoms with Crippen molar-refractivity contribution >= 4 is 46.9 Å². The molecule has 4 amide bonds. The van der Waals surface area contributed by atoms with Crippen LogP contribution >= 0.6 is 23.2 Å². The van der Waals surface area contributed by atoms with Gasteiger partial charge in [0.25, 0.3) is 5.91 Å².